The fraction of sp³-hybridized carbons (Fsp3) is 0.946. The van der Waals surface area contributed by atoms with Crippen LogP contribution in [-0.4, -0.2) is 37.2 Å². The van der Waals surface area contributed by atoms with E-state index in [1.165, 1.54) is 199 Å². The Morgan fingerprint density at radius 2 is 0.613 bits per heavy atom. The molecule has 6 nitrogen and oxygen atoms in total. The number of esters is 3. The Morgan fingerprint density at radius 3 is 0.919 bits per heavy atom. The normalized spacial score (nSPS) is 12.5. The molecule has 0 N–H and O–H groups in total. The Morgan fingerprint density at radius 1 is 0.339 bits per heavy atom. The number of hydrogen-bond donors (Lipinski definition) is 0. The number of ether oxygens (including phenoxy) is 3. The van der Waals surface area contributed by atoms with Crippen LogP contribution in [0.4, 0.5) is 0 Å². The molecule has 0 rings (SSSR count). The Hall–Kier alpha value is -1.59. The molecule has 0 fully saturated rings. The SMILES string of the molecule is CCCCCCCCCC(=O)O[C@H](COC(=O)CCCCCCCCCCCCCCCCCCCCC(C)CC)COC(=O)CCCCCCCCCCCCCCC(C)C. The molecule has 1 unspecified atom stereocenters. The molecule has 0 aromatic carbocycles. The zero-order valence-electron chi connectivity index (χ0n) is 42.5. The summed E-state index contributed by atoms with van der Waals surface area (Å²) in [6, 6.07) is 0. The van der Waals surface area contributed by atoms with Gasteiger partial charge in [0.2, 0.25) is 0 Å². The summed E-state index contributed by atoms with van der Waals surface area (Å²) in [6.07, 6.45) is 51.1. The van der Waals surface area contributed by atoms with Gasteiger partial charge in [0.1, 0.15) is 13.2 Å². The minimum Gasteiger partial charge on any atom is -0.462 e. The molecule has 0 aliphatic rings. The van der Waals surface area contributed by atoms with Gasteiger partial charge in [0.15, 0.2) is 6.10 Å². The summed E-state index contributed by atoms with van der Waals surface area (Å²) in [4.78, 5) is 37.9. The molecule has 0 amide bonds. The third-order valence-electron chi connectivity index (χ3n) is 13.1. The van der Waals surface area contributed by atoms with Crippen LogP contribution in [0.3, 0.4) is 0 Å². The third-order valence-corrected chi connectivity index (χ3v) is 13.1. The van der Waals surface area contributed by atoms with E-state index in [0.29, 0.717) is 19.3 Å². The molecule has 368 valence electrons. The topological polar surface area (TPSA) is 78.9 Å². The van der Waals surface area contributed by atoms with E-state index >= 15 is 0 Å². The Bertz CT molecular complexity index is 949. The highest BCUT2D eigenvalue weighted by Gasteiger charge is 2.19. The van der Waals surface area contributed by atoms with Crippen LogP contribution in [0.1, 0.15) is 311 Å². The van der Waals surface area contributed by atoms with E-state index in [9.17, 15) is 14.4 Å². The van der Waals surface area contributed by atoms with Gasteiger partial charge in [0.05, 0.1) is 0 Å². The highest BCUT2D eigenvalue weighted by Crippen LogP contribution is 2.18. The predicted molar refractivity (Wildman–Crippen MR) is 266 cm³/mol. The molecule has 62 heavy (non-hydrogen) atoms. The van der Waals surface area contributed by atoms with Gasteiger partial charge in [-0.1, -0.05) is 272 Å². The summed E-state index contributed by atoms with van der Waals surface area (Å²) in [5, 5.41) is 0. The predicted octanol–water partition coefficient (Wildman–Crippen LogP) is 18.1. The highest BCUT2D eigenvalue weighted by molar-refractivity contribution is 5.71. The van der Waals surface area contributed by atoms with Crippen LogP contribution in [0.5, 0.6) is 0 Å². The van der Waals surface area contributed by atoms with Crippen LogP contribution in [0.2, 0.25) is 0 Å². The second-order valence-electron chi connectivity index (χ2n) is 19.9. The average Bonchev–Trinajstić information content (AvgIpc) is 3.26. The standard InChI is InChI=1S/C56H108O6/c1-6-8-9-10-29-38-43-48-56(59)62-53(50-61-55(58)47-42-37-33-28-24-20-19-21-25-30-34-39-44-51(3)4)49-60-54(57)46-41-36-32-27-23-18-16-14-12-11-13-15-17-22-26-31-35-40-45-52(5)7-2/h51-53H,6-50H2,1-5H3/t52?,53-/m1/s1. The smallest absolute Gasteiger partial charge is 0.306 e. The molecular formula is C56H108O6. The number of unbranched alkanes of at least 4 members (excludes halogenated alkanes) is 34. The second-order valence-corrected chi connectivity index (χ2v) is 19.9. The maximum Gasteiger partial charge on any atom is 0.306 e. The fourth-order valence-corrected chi connectivity index (χ4v) is 8.49. The van der Waals surface area contributed by atoms with Crippen LogP contribution in [0.15, 0.2) is 0 Å². The van der Waals surface area contributed by atoms with Crippen molar-refractivity contribution in [1.29, 1.82) is 0 Å². The summed E-state index contributed by atoms with van der Waals surface area (Å²) < 4.78 is 16.8. The summed E-state index contributed by atoms with van der Waals surface area (Å²) in [6.45, 7) is 11.4. The van der Waals surface area contributed by atoms with Crippen LogP contribution < -0.4 is 0 Å². The van der Waals surface area contributed by atoms with Gasteiger partial charge in [-0.2, -0.15) is 0 Å². The zero-order valence-corrected chi connectivity index (χ0v) is 42.5. The number of hydrogen-bond acceptors (Lipinski definition) is 6. The lowest BCUT2D eigenvalue weighted by Crippen LogP contribution is -2.30. The molecule has 0 aromatic rings. The molecular weight excluding hydrogens is 769 g/mol. The van der Waals surface area contributed by atoms with Crippen molar-refractivity contribution in [3.63, 3.8) is 0 Å². The first-order valence-corrected chi connectivity index (χ1v) is 27.8. The van der Waals surface area contributed by atoms with E-state index in [0.717, 1.165) is 69.6 Å². The molecule has 6 heteroatoms. The quantitative estimate of drug-likeness (QED) is 0.0344. The van der Waals surface area contributed by atoms with Crippen molar-refractivity contribution < 1.29 is 28.6 Å². The maximum absolute atomic E-state index is 12.7. The number of carbonyl (C=O) groups excluding carboxylic acids is 3. The van der Waals surface area contributed by atoms with E-state index in [1.54, 1.807) is 0 Å². The van der Waals surface area contributed by atoms with Crippen molar-refractivity contribution in [2.24, 2.45) is 11.8 Å². The zero-order chi connectivity index (χ0) is 45.4. The fourth-order valence-electron chi connectivity index (χ4n) is 8.49. The Balaban J connectivity index is 4.09. The Kier molecular flexibility index (Phi) is 47.6. The van der Waals surface area contributed by atoms with Gasteiger partial charge in [-0.25, -0.2) is 0 Å². The van der Waals surface area contributed by atoms with E-state index in [-0.39, 0.29) is 31.1 Å². The van der Waals surface area contributed by atoms with Gasteiger partial charge in [0.25, 0.3) is 0 Å². The summed E-state index contributed by atoms with van der Waals surface area (Å²) in [7, 11) is 0. The van der Waals surface area contributed by atoms with E-state index < -0.39 is 6.10 Å². The minimum atomic E-state index is -0.760. The number of carbonyl (C=O) groups is 3. The van der Waals surface area contributed by atoms with Gasteiger partial charge in [-0.05, 0) is 31.1 Å². The minimum absolute atomic E-state index is 0.0637. The molecule has 0 heterocycles. The van der Waals surface area contributed by atoms with Crippen molar-refractivity contribution in [1.82, 2.24) is 0 Å². The molecule has 2 atom stereocenters. The van der Waals surface area contributed by atoms with E-state index in [4.69, 9.17) is 14.2 Å². The lowest BCUT2D eigenvalue weighted by Gasteiger charge is -2.18. The molecule has 0 spiro atoms. The van der Waals surface area contributed by atoms with Crippen LogP contribution in [0, 0.1) is 11.8 Å². The number of rotatable bonds is 50. The molecule has 0 aromatic heterocycles. The first kappa shape index (κ1) is 60.4. The van der Waals surface area contributed by atoms with Crippen molar-refractivity contribution in [2.75, 3.05) is 13.2 Å². The van der Waals surface area contributed by atoms with Crippen molar-refractivity contribution in [3.8, 4) is 0 Å². The van der Waals surface area contributed by atoms with Crippen molar-refractivity contribution in [3.05, 3.63) is 0 Å². The summed E-state index contributed by atoms with van der Waals surface area (Å²) in [5.74, 6) is 0.893. The van der Waals surface area contributed by atoms with Gasteiger partial charge >= 0.3 is 17.9 Å². The monoisotopic (exact) mass is 877 g/mol. The van der Waals surface area contributed by atoms with Crippen LogP contribution in [0.25, 0.3) is 0 Å². The third kappa shape index (κ3) is 47.9. The van der Waals surface area contributed by atoms with Gasteiger partial charge in [-0.15, -0.1) is 0 Å². The molecule has 0 bridgehead atoms. The largest absolute Gasteiger partial charge is 0.462 e. The summed E-state index contributed by atoms with van der Waals surface area (Å²) in [5.41, 5.74) is 0. The van der Waals surface area contributed by atoms with E-state index in [1.807, 2.05) is 0 Å². The molecule has 0 radical (unpaired) electrons. The average molecular weight is 877 g/mol. The van der Waals surface area contributed by atoms with E-state index in [2.05, 4.69) is 34.6 Å². The van der Waals surface area contributed by atoms with Gasteiger partial charge in [-0.3, -0.25) is 14.4 Å². The van der Waals surface area contributed by atoms with Gasteiger partial charge < -0.3 is 14.2 Å². The molecule has 0 saturated heterocycles. The lowest BCUT2D eigenvalue weighted by atomic mass is 9.99. The molecule has 0 saturated carbocycles. The molecule has 0 aliphatic heterocycles. The Labute approximate surface area is 387 Å². The molecule has 0 aliphatic carbocycles. The van der Waals surface area contributed by atoms with Crippen molar-refractivity contribution >= 4 is 17.9 Å². The highest BCUT2D eigenvalue weighted by atomic mass is 16.6. The second kappa shape index (κ2) is 48.9. The summed E-state index contributed by atoms with van der Waals surface area (Å²) >= 11 is 0. The van der Waals surface area contributed by atoms with Crippen LogP contribution in [-0.2, 0) is 28.6 Å². The first-order chi connectivity index (χ1) is 30.3. The van der Waals surface area contributed by atoms with Crippen molar-refractivity contribution in [2.45, 2.75) is 317 Å². The van der Waals surface area contributed by atoms with Crippen LogP contribution >= 0.6 is 0 Å². The lowest BCUT2D eigenvalue weighted by molar-refractivity contribution is -0.167. The maximum atomic E-state index is 12.7. The first-order valence-electron chi connectivity index (χ1n) is 27.8. The van der Waals surface area contributed by atoms with Gasteiger partial charge in [0, 0.05) is 19.3 Å².